The lowest BCUT2D eigenvalue weighted by Gasteiger charge is -2.38. The Balaban J connectivity index is 0.000000265. The van der Waals surface area contributed by atoms with Crippen molar-refractivity contribution in [3.63, 3.8) is 0 Å². The van der Waals surface area contributed by atoms with Gasteiger partial charge in [0.15, 0.2) is 69.8 Å². The molecule has 0 unspecified atom stereocenters. The fraction of sp³-hybridized carbons (Fsp3) is 0.221. The first kappa shape index (κ1) is 88.0. The number of carboxylic acid groups (broad SMARTS) is 1. The van der Waals surface area contributed by atoms with Crippen molar-refractivity contribution in [2.24, 2.45) is 0 Å². The predicted molar refractivity (Wildman–Crippen MR) is 384 cm³/mol. The van der Waals surface area contributed by atoms with Crippen molar-refractivity contribution in [1.82, 2.24) is 0 Å². The van der Waals surface area contributed by atoms with Crippen molar-refractivity contribution in [2.75, 3.05) is 0 Å². The Morgan fingerprint density at radius 1 is 0.255 bits per heavy atom. The highest BCUT2D eigenvalue weighted by atomic mass is 19.4. The van der Waals surface area contributed by atoms with E-state index in [1.165, 1.54) is 79.9 Å². The number of carboxylic acids is 1. The van der Waals surface area contributed by atoms with Crippen molar-refractivity contribution in [2.45, 2.75) is 129 Å². The van der Waals surface area contributed by atoms with Crippen molar-refractivity contribution in [1.29, 1.82) is 0 Å². The Morgan fingerprint density at radius 3 is 0.698 bits per heavy atom. The SMILES string of the molecule is Cc1c(F)c(F)c(-c2c(F)c(F)c(C)c(F)c2F)c(F)c1F.Cc1c(F)c(F)c(C)c(F)c1F.Cc1ccc(-c2ccc(C)cc2)cc1.Cc1ccc(C(c2ccc(C)cc2)(C(F)(F)F)C(F)(F)F)cc1.Cc1ccc(C)c(C(=O)O)c1.Cc1ccc(C)cc1.Cc1cccc(C)c1.Cc1ccccc1C. The minimum absolute atomic E-state index is 0.394. The molecule has 0 heterocycles. The van der Waals surface area contributed by atoms with E-state index in [0.717, 1.165) is 49.2 Å². The Kier molecular flexibility index (Phi) is 32.0. The lowest BCUT2D eigenvalue weighted by molar-refractivity contribution is -0.288. The van der Waals surface area contributed by atoms with Gasteiger partial charge in [0.1, 0.15) is 0 Å². The van der Waals surface area contributed by atoms with Crippen LogP contribution in [0, 0.1) is 181 Å². The van der Waals surface area contributed by atoms with Gasteiger partial charge in [0.05, 0.1) is 16.7 Å². The molecular weight excluding hydrogens is 1410 g/mol. The fourth-order valence-corrected chi connectivity index (χ4v) is 9.93. The molecule has 0 bridgehead atoms. The summed E-state index contributed by atoms with van der Waals surface area (Å²) in [5.41, 5.74) is 3.75. The number of halogens is 18. The van der Waals surface area contributed by atoms with Crippen LogP contribution < -0.4 is 0 Å². The Morgan fingerprint density at radius 2 is 0.481 bits per heavy atom. The van der Waals surface area contributed by atoms with E-state index in [1.54, 1.807) is 26.8 Å². The van der Waals surface area contributed by atoms with Gasteiger partial charge in [0.2, 0.25) is 5.41 Å². The van der Waals surface area contributed by atoms with E-state index in [-0.39, 0.29) is 0 Å². The topological polar surface area (TPSA) is 37.3 Å². The summed E-state index contributed by atoms with van der Waals surface area (Å²) in [6.07, 6.45) is -11.1. The summed E-state index contributed by atoms with van der Waals surface area (Å²) in [6.45, 7) is 27.1. The van der Waals surface area contributed by atoms with Crippen molar-refractivity contribution < 1.29 is 88.9 Å². The lowest BCUT2D eigenvalue weighted by Crippen LogP contribution is -2.54. The van der Waals surface area contributed by atoms with Gasteiger partial charge < -0.3 is 5.11 Å². The first-order valence-corrected chi connectivity index (χ1v) is 32.6. The van der Waals surface area contributed by atoms with E-state index < -0.39 is 138 Å². The van der Waals surface area contributed by atoms with Gasteiger partial charge in [-0.3, -0.25) is 0 Å². The third kappa shape index (κ3) is 22.8. The van der Waals surface area contributed by atoms with Crippen LogP contribution in [0.2, 0.25) is 0 Å². The monoisotopic (exact) mass is 1490 g/mol. The number of aromatic carboxylic acids is 1. The van der Waals surface area contributed by atoms with Gasteiger partial charge in [0.25, 0.3) is 0 Å². The molecule has 0 atom stereocenters. The molecule has 2 nitrogen and oxygen atoms in total. The number of aryl methyl sites for hydroxylation is 12. The highest BCUT2D eigenvalue weighted by Gasteiger charge is 2.72. The number of hydrogen-bond acceptors (Lipinski definition) is 1. The standard InChI is InChI=1S/C17H14F6.C14H6F8.C14H14.C9H10O2.C8H6F4.3C8H10/c1-11-3-7-13(8-4-11)15(16(18,19)20,17(21,22)23)14-9-5-12(2)6-10-14;1-3-7(15)11(19)5(12(20)8(3)16)6-13(21)9(17)4(2)10(18)14(6)22;1-11-3-7-13(8-4-11)14-9-5-12(2)6-10-14;1-6-3-4-7(2)8(5-6)9(10)11;1-3-5(9)7(11)4(2)8(12)6(3)10;1-7-3-5-8(2)6-4-7;1-7-4-3-5-8(2)6-7;1-7-5-3-4-6-8(7)2/h3-10H,1-2H3;1-2H3;3-10H,1-2H3;3-5H,1-2H3,(H,10,11);1-2H3;3*3-6H,1-2H3. The number of carbonyl (C=O) groups is 1. The molecule has 0 aliphatic heterocycles. The molecule has 0 spiro atoms. The molecule has 562 valence electrons. The molecule has 106 heavy (non-hydrogen) atoms. The molecule has 0 saturated heterocycles. The van der Waals surface area contributed by atoms with Crippen LogP contribution in [0.1, 0.15) is 111 Å². The Bertz CT molecular complexity index is 4360. The molecular formula is C86H80F18O2. The molecule has 0 saturated carbocycles. The van der Waals surface area contributed by atoms with Crippen molar-refractivity contribution in [3.05, 3.63) is 364 Å². The number of hydrogen-bond donors (Lipinski definition) is 1. The predicted octanol–water partition coefficient (Wildman–Crippen LogP) is 26.5. The van der Waals surface area contributed by atoms with Gasteiger partial charge in [0, 0.05) is 22.3 Å². The number of benzene rings is 11. The molecule has 1 N–H and O–H groups in total. The van der Waals surface area contributed by atoms with E-state index in [2.05, 4.69) is 177 Å². The van der Waals surface area contributed by atoms with E-state index in [4.69, 9.17) is 5.11 Å². The maximum absolute atomic E-state index is 13.8. The van der Waals surface area contributed by atoms with Crippen LogP contribution in [-0.4, -0.2) is 23.4 Å². The second kappa shape index (κ2) is 38.6. The average Bonchev–Trinajstić information content (AvgIpc) is 0.729. The van der Waals surface area contributed by atoms with Crippen LogP contribution in [-0.2, 0) is 5.41 Å². The lowest BCUT2D eigenvalue weighted by atomic mass is 9.72. The summed E-state index contributed by atoms with van der Waals surface area (Å²) in [5, 5.41) is 8.69. The zero-order chi connectivity index (χ0) is 80.2. The maximum atomic E-state index is 13.8. The van der Waals surface area contributed by atoms with Crippen molar-refractivity contribution in [3.8, 4) is 22.3 Å². The minimum atomic E-state index is -5.53. The maximum Gasteiger partial charge on any atom is 0.411 e. The van der Waals surface area contributed by atoms with E-state index in [9.17, 15) is 83.8 Å². The van der Waals surface area contributed by atoms with Crippen LogP contribution in [0.25, 0.3) is 22.3 Å². The molecule has 0 radical (unpaired) electrons. The zero-order valence-corrected chi connectivity index (χ0v) is 61.1. The first-order chi connectivity index (χ1) is 49.3. The van der Waals surface area contributed by atoms with Crippen LogP contribution in [0.5, 0.6) is 0 Å². The minimum Gasteiger partial charge on any atom is -0.478 e. The van der Waals surface area contributed by atoms with Gasteiger partial charge in [-0.1, -0.05) is 232 Å². The number of rotatable bonds is 5. The molecule has 0 aromatic heterocycles. The Labute approximate surface area is 606 Å². The fourth-order valence-electron chi connectivity index (χ4n) is 9.93. The van der Waals surface area contributed by atoms with Crippen LogP contribution in [0.4, 0.5) is 79.0 Å². The molecule has 11 aromatic carbocycles. The first-order valence-electron chi connectivity index (χ1n) is 32.6. The summed E-state index contributed by atoms with van der Waals surface area (Å²) in [4.78, 5) is 10.6. The molecule has 20 heteroatoms. The second-order valence-corrected chi connectivity index (χ2v) is 25.2. The van der Waals surface area contributed by atoms with Crippen LogP contribution in [0.3, 0.4) is 0 Å². The molecule has 0 fully saturated rings. The summed E-state index contributed by atoms with van der Waals surface area (Å²) in [5.74, 6) is -22.5. The second-order valence-electron chi connectivity index (χ2n) is 25.2. The van der Waals surface area contributed by atoms with E-state index >= 15 is 0 Å². The highest BCUT2D eigenvalue weighted by molar-refractivity contribution is 5.89. The van der Waals surface area contributed by atoms with Gasteiger partial charge in [-0.15, -0.1) is 0 Å². The quantitative estimate of drug-likeness (QED) is 0.138. The molecule has 11 aromatic rings. The molecule has 0 aliphatic carbocycles. The average molecular weight is 1490 g/mol. The summed E-state index contributed by atoms with van der Waals surface area (Å²) in [6, 6.07) is 56.5. The van der Waals surface area contributed by atoms with Gasteiger partial charge in [-0.2, -0.15) is 26.3 Å². The molecule has 0 amide bonds. The van der Waals surface area contributed by atoms with Gasteiger partial charge in [-0.05, 0) is 156 Å². The molecule has 11 rings (SSSR count). The molecule has 0 aliphatic rings. The summed E-state index contributed by atoms with van der Waals surface area (Å²) < 4.78 is 242. The van der Waals surface area contributed by atoms with E-state index in [1.807, 2.05) is 19.1 Å². The zero-order valence-electron chi connectivity index (χ0n) is 61.1. The summed E-state index contributed by atoms with van der Waals surface area (Å²) >= 11 is 0. The van der Waals surface area contributed by atoms with Crippen LogP contribution in [0.15, 0.2) is 188 Å². The number of alkyl halides is 6. The van der Waals surface area contributed by atoms with E-state index in [0.29, 0.717) is 30.5 Å². The normalized spacial score (nSPS) is 10.8. The third-order valence-corrected chi connectivity index (χ3v) is 16.6. The summed E-state index contributed by atoms with van der Waals surface area (Å²) in [7, 11) is 0. The van der Waals surface area contributed by atoms with Crippen molar-refractivity contribution >= 4 is 5.97 Å². The highest BCUT2D eigenvalue weighted by Crippen LogP contribution is 2.56. The van der Waals surface area contributed by atoms with Crippen LogP contribution >= 0.6 is 0 Å². The Hall–Kier alpha value is -10.4. The van der Waals surface area contributed by atoms with Gasteiger partial charge >= 0.3 is 18.3 Å². The largest absolute Gasteiger partial charge is 0.478 e. The van der Waals surface area contributed by atoms with Gasteiger partial charge in [-0.25, -0.2) is 57.5 Å². The third-order valence-electron chi connectivity index (χ3n) is 16.6. The smallest absolute Gasteiger partial charge is 0.411 e.